The topological polar surface area (TPSA) is 86.9 Å². The van der Waals surface area contributed by atoms with Crippen molar-refractivity contribution in [1.82, 2.24) is 9.78 Å². The number of anilines is 1. The lowest BCUT2D eigenvalue weighted by Crippen LogP contribution is -2.14. The summed E-state index contributed by atoms with van der Waals surface area (Å²) in [6, 6.07) is 5.20. The van der Waals surface area contributed by atoms with Crippen molar-refractivity contribution in [2.45, 2.75) is 6.54 Å². The molecule has 0 fully saturated rings. The molecule has 4 N–H and O–H groups in total. The van der Waals surface area contributed by atoms with E-state index >= 15 is 0 Å². The van der Waals surface area contributed by atoms with E-state index in [4.69, 9.17) is 34.7 Å². The Labute approximate surface area is 113 Å². The summed E-state index contributed by atoms with van der Waals surface area (Å²) in [4.78, 5) is 11.0. The van der Waals surface area contributed by atoms with Crippen molar-refractivity contribution in [1.29, 1.82) is 0 Å². The van der Waals surface area contributed by atoms with Crippen LogP contribution in [0.3, 0.4) is 0 Å². The molecule has 0 aliphatic rings. The fourth-order valence-electron chi connectivity index (χ4n) is 1.55. The van der Waals surface area contributed by atoms with E-state index in [1.807, 2.05) is 0 Å². The zero-order chi connectivity index (χ0) is 13.3. The van der Waals surface area contributed by atoms with Crippen LogP contribution in [0.25, 0.3) is 0 Å². The van der Waals surface area contributed by atoms with Gasteiger partial charge >= 0.3 is 0 Å². The number of carbonyl (C=O) groups is 1. The van der Waals surface area contributed by atoms with Crippen molar-refractivity contribution in [2.75, 3.05) is 5.73 Å². The van der Waals surface area contributed by atoms with Gasteiger partial charge < -0.3 is 11.5 Å². The summed E-state index contributed by atoms with van der Waals surface area (Å²) in [6.45, 7) is 0.315. The predicted octanol–water partition coefficient (Wildman–Crippen LogP) is 1.92. The van der Waals surface area contributed by atoms with Crippen LogP contribution in [0, 0.1) is 0 Å². The molecule has 0 aliphatic heterocycles. The van der Waals surface area contributed by atoms with Crippen LogP contribution >= 0.6 is 23.2 Å². The van der Waals surface area contributed by atoms with Gasteiger partial charge in [0.2, 0.25) is 0 Å². The molecular weight excluding hydrogens is 275 g/mol. The van der Waals surface area contributed by atoms with Gasteiger partial charge in [-0.05, 0) is 12.1 Å². The van der Waals surface area contributed by atoms with Crippen LogP contribution in [0.2, 0.25) is 10.0 Å². The highest BCUT2D eigenvalue weighted by molar-refractivity contribution is 6.35. The van der Waals surface area contributed by atoms with Crippen molar-refractivity contribution >= 4 is 34.8 Å². The first-order valence-electron chi connectivity index (χ1n) is 5.04. The zero-order valence-electron chi connectivity index (χ0n) is 9.23. The number of rotatable bonds is 3. The lowest BCUT2D eigenvalue weighted by molar-refractivity contribution is 0.0995. The summed E-state index contributed by atoms with van der Waals surface area (Å²) in [5.74, 6) is -0.670. The fourth-order valence-corrected chi connectivity index (χ4v) is 2.07. The van der Waals surface area contributed by atoms with Crippen molar-refractivity contribution in [3.05, 3.63) is 45.7 Å². The molecule has 1 aromatic carbocycles. The van der Waals surface area contributed by atoms with Gasteiger partial charge in [0.1, 0.15) is 0 Å². The molecule has 5 nitrogen and oxygen atoms in total. The van der Waals surface area contributed by atoms with Crippen LogP contribution in [0.5, 0.6) is 0 Å². The molecule has 7 heteroatoms. The minimum atomic E-state index is -0.670. The van der Waals surface area contributed by atoms with Gasteiger partial charge in [0, 0.05) is 21.8 Å². The van der Waals surface area contributed by atoms with Gasteiger partial charge in [-0.25, -0.2) is 0 Å². The molecule has 0 radical (unpaired) electrons. The summed E-state index contributed by atoms with van der Waals surface area (Å²) in [5.41, 5.74) is 11.7. The van der Waals surface area contributed by atoms with E-state index < -0.39 is 5.91 Å². The standard InChI is InChI=1S/C11H10Cl2N4O/c12-7-2-1-3-8(13)6(7)4-17-5-9(14)10(16-17)11(15)18/h1-3,5H,4,14H2,(H2,15,18). The van der Waals surface area contributed by atoms with E-state index in [1.54, 1.807) is 18.2 Å². The van der Waals surface area contributed by atoms with Crippen LogP contribution in [0.4, 0.5) is 5.69 Å². The van der Waals surface area contributed by atoms with Crippen LogP contribution in [0.1, 0.15) is 16.1 Å². The Kier molecular flexibility index (Phi) is 3.45. The highest BCUT2D eigenvalue weighted by Crippen LogP contribution is 2.25. The Hall–Kier alpha value is -1.72. The van der Waals surface area contributed by atoms with Gasteiger partial charge in [-0.1, -0.05) is 29.3 Å². The number of carbonyl (C=O) groups excluding carboxylic acids is 1. The third-order valence-electron chi connectivity index (χ3n) is 2.41. The number of benzene rings is 1. The fraction of sp³-hybridized carbons (Fsp3) is 0.0909. The number of nitrogens with two attached hydrogens (primary N) is 2. The molecule has 1 amide bonds. The second-order valence-electron chi connectivity index (χ2n) is 3.70. The number of nitrogen functional groups attached to an aromatic ring is 1. The minimum absolute atomic E-state index is 0.0400. The Morgan fingerprint density at radius 2 is 1.94 bits per heavy atom. The predicted molar refractivity (Wildman–Crippen MR) is 70.7 cm³/mol. The number of hydrogen-bond acceptors (Lipinski definition) is 3. The van der Waals surface area contributed by atoms with Gasteiger partial charge in [0.15, 0.2) is 5.69 Å². The number of amides is 1. The molecule has 1 heterocycles. The molecular formula is C11H10Cl2N4O. The number of hydrogen-bond donors (Lipinski definition) is 2. The van der Waals surface area contributed by atoms with Crippen molar-refractivity contribution in [2.24, 2.45) is 5.73 Å². The molecule has 2 rings (SSSR count). The van der Waals surface area contributed by atoms with Gasteiger partial charge in [-0.15, -0.1) is 0 Å². The van der Waals surface area contributed by atoms with Crippen molar-refractivity contribution in [3.63, 3.8) is 0 Å². The second-order valence-corrected chi connectivity index (χ2v) is 4.51. The highest BCUT2D eigenvalue weighted by atomic mass is 35.5. The maximum Gasteiger partial charge on any atom is 0.271 e. The van der Waals surface area contributed by atoms with Crippen molar-refractivity contribution < 1.29 is 4.79 Å². The molecule has 0 aliphatic carbocycles. The van der Waals surface area contributed by atoms with Gasteiger partial charge in [0.25, 0.3) is 5.91 Å². The first-order valence-corrected chi connectivity index (χ1v) is 5.80. The Morgan fingerprint density at radius 1 is 1.33 bits per heavy atom. The van der Waals surface area contributed by atoms with E-state index in [9.17, 15) is 4.79 Å². The average Bonchev–Trinajstić information content (AvgIpc) is 2.65. The minimum Gasteiger partial charge on any atom is -0.396 e. The third-order valence-corrected chi connectivity index (χ3v) is 3.11. The molecule has 0 saturated carbocycles. The van der Waals surface area contributed by atoms with E-state index in [2.05, 4.69) is 5.10 Å². The lowest BCUT2D eigenvalue weighted by atomic mass is 10.2. The van der Waals surface area contributed by atoms with E-state index in [0.717, 1.165) is 0 Å². The quantitative estimate of drug-likeness (QED) is 0.903. The summed E-state index contributed by atoms with van der Waals surface area (Å²) < 4.78 is 1.47. The van der Waals surface area contributed by atoms with Crippen LogP contribution in [-0.4, -0.2) is 15.7 Å². The summed E-state index contributed by atoms with van der Waals surface area (Å²) >= 11 is 12.1. The molecule has 1 aromatic heterocycles. The summed E-state index contributed by atoms with van der Waals surface area (Å²) in [5, 5.41) is 5.04. The number of halogens is 2. The summed E-state index contributed by atoms with van der Waals surface area (Å²) in [7, 11) is 0. The normalized spacial score (nSPS) is 10.6. The average molecular weight is 285 g/mol. The van der Waals surface area contributed by atoms with Crippen LogP contribution in [-0.2, 0) is 6.54 Å². The Bertz CT molecular complexity index is 589. The van der Waals surface area contributed by atoms with E-state index in [-0.39, 0.29) is 11.4 Å². The first kappa shape index (κ1) is 12.7. The first-order chi connectivity index (χ1) is 8.49. The molecule has 94 valence electrons. The van der Waals surface area contributed by atoms with Crippen LogP contribution < -0.4 is 11.5 Å². The van der Waals surface area contributed by atoms with E-state index in [0.29, 0.717) is 22.2 Å². The van der Waals surface area contributed by atoms with E-state index in [1.165, 1.54) is 10.9 Å². The third kappa shape index (κ3) is 2.42. The second kappa shape index (κ2) is 4.88. The Balaban J connectivity index is 2.35. The van der Waals surface area contributed by atoms with Gasteiger partial charge in [-0.2, -0.15) is 5.10 Å². The van der Waals surface area contributed by atoms with Gasteiger partial charge in [-0.3, -0.25) is 9.48 Å². The summed E-state index contributed by atoms with van der Waals surface area (Å²) in [6.07, 6.45) is 1.51. The number of primary amides is 1. The molecule has 2 aromatic rings. The van der Waals surface area contributed by atoms with Crippen molar-refractivity contribution in [3.8, 4) is 0 Å². The largest absolute Gasteiger partial charge is 0.396 e. The molecule has 0 spiro atoms. The molecule has 0 bridgehead atoms. The van der Waals surface area contributed by atoms with Crippen LogP contribution in [0.15, 0.2) is 24.4 Å². The molecule has 18 heavy (non-hydrogen) atoms. The smallest absolute Gasteiger partial charge is 0.271 e. The molecule has 0 unspecified atom stereocenters. The SMILES string of the molecule is NC(=O)c1nn(Cc2c(Cl)cccc2Cl)cc1N. The zero-order valence-corrected chi connectivity index (χ0v) is 10.7. The Morgan fingerprint density at radius 3 is 2.44 bits per heavy atom. The number of aromatic nitrogens is 2. The monoisotopic (exact) mass is 284 g/mol. The molecule has 0 saturated heterocycles. The maximum atomic E-state index is 11.0. The highest BCUT2D eigenvalue weighted by Gasteiger charge is 2.13. The van der Waals surface area contributed by atoms with Gasteiger partial charge in [0.05, 0.1) is 12.2 Å². The number of nitrogens with zero attached hydrogens (tertiary/aromatic N) is 2. The maximum absolute atomic E-state index is 11.0. The lowest BCUT2D eigenvalue weighted by Gasteiger charge is -2.06. The molecule has 0 atom stereocenters.